The van der Waals surface area contributed by atoms with Gasteiger partial charge < -0.3 is 15.5 Å². The Morgan fingerprint density at radius 1 is 1.43 bits per heavy atom. The second kappa shape index (κ2) is 5.26. The fourth-order valence-electron chi connectivity index (χ4n) is 3.45. The molecule has 1 aromatic heterocycles. The number of rotatable bonds is 2. The average Bonchev–Trinajstić information content (AvgIpc) is 2.78. The van der Waals surface area contributed by atoms with Gasteiger partial charge in [-0.1, -0.05) is 12.2 Å². The maximum atomic E-state index is 11.8. The number of piperazine rings is 1. The third-order valence-electron chi connectivity index (χ3n) is 4.39. The summed E-state index contributed by atoms with van der Waals surface area (Å²) in [5, 5.41) is 0. The van der Waals surface area contributed by atoms with Crippen molar-refractivity contribution in [3.8, 4) is 0 Å². The van der Waals surface area contributed by atoms with E-state index in [2.05, 4.69) is 9.88 Å². The van der Waals surface area contributed by atoms with Gasteiger partial charge in [0.15, 0.2) is 0 Å². The number of fused-ring (bicyclic) bond motifs is 1. The molecule has 2 fully saturated rings. The second-order valence-corrected chi connectivity index (χ2v) is 6.27. The molecular formula is C15H20N4OS. The van der Waals surface area contributed by atoms with Crippen LogP contribution >= 0.6 is 12.2 Å². The Bertz CT molecular complexity index is 616. The lowest BCUT2D eigenvalue weighted by molar-refractivity contribution is -0.129. The van der Waals surface area contributed by atoms with Crippen LogP contribution in [0.2, 0.25) is 0 Å². The van der Waals surface area contributed by atoms with Gasteiger partial charge in [0.2, 0.25) is 5.91 Å². The lowest BCUT2D eigenvalue weighted by Crippen LogP contribution is -2.52. The standard InChI is InChI=1S/C15H20N4OS/c1-9-7-12(14(15(16)21)10(2)17-9)18-5-6-19-11(8-18)3-4-13(19)20/h7,11H,3-6,8H2,1-2H3,(H2,16,21). The van der Waals surface area contributed by atoms with Crippen molar-refractivity contribution in [1.82, 2.24) is 9.88 Å². The number of aryl methyl sites for hydroxylation is 2. The molecular weight excluding hydrogens is 284 g/mol. The molecule has 0 radical (unpaired) electrons. The van der Waals surface area contributed by atoms with E-state index in [1.807, 2.05) is 24.8 Å². The molecule has 3 heterocycles. The lowest BCUT2D eigenvalue weighted by Gasteiger charge is -2.39. The van der Waals surface area contributed by atoms with Gasteiger partial charge in [-0.05, 0) is 26.3 Å². The predicted molar refractivity (Wildman–Crippen MR) is 86.5 cm³/mol. The van der Waals surface area contributed by atoms with Gasteiger partial charge in [0.05, 0.1) is 11.3 Å². The summed E-state index contributed by atoms with van der Waals surface area (Å²) >= 11 is 5.21. The summed E-state index contributed by atoms with van der Waals surface area (Å²) < 4.78 is 0. The van der Waals surface area contributed by atoms with Gasteiger partial charge in [0.1, 0.15) is 4.99 Å². The third-order valence-corrected chi connectivity index (χ3v) is 4.59. The first-order valence-electron chi connectivity index (χ1n) is 7.30. The van der Waals surface area contributed by atoms with E-state index in [1.165, 1.54) is 0 Å². The van der Waals surface area contributed by atoms with Crippen LogP contribution in [0.3, 0.4) is 0 Å². The molecule has 2 N–H and O–H groups in total. The Hall–Kier alpha value is -1.69. The molecule has 2 aliphatic heterocycles. The number of pyridine rings is 1. The summed E-state index contributed by atoms with van der Waals surface area (Å²) in [7, 11) is 0. The highest BCUT2D eigenvalue weighted by Crippen LogP contribution is 2.29. The molecule has 5 nitrogen and oxygen atoms in total. The molecule has 3 rings (SSSR count). The number of aromatic nitrogens is 1. The molecule has 1 amide bonds. The Balaban J connectivity index is 1.94. The summed E-state index contributed by atoms with van der Waals surface area (Å²) in [6, 6.07) is 2.37. The summed E-state index contributed by atoms with van der Waals surface area (Å²) in [5.74, 6) is 0.288. The van der Waals surface area contributed by atoms with Gasteiger partial charge in [-0.3, -0.25) is 9.78 Å². The van der Waals surface area contributed by atoms with Gasteiger partial charge in [0, 0.05) is 43.5 Å². The molecule has 1 aromatic rings. The van der Waals surface area contributed by atoms with E-state index in [1.54, 1.807) is 0 Å². The normalized spacial score (nSPS) is 21.6. The lowest BCUT2D eigenvalue weighted by atomic mass is 10.1. The molecule has 0 saturated carbocycles. The number of nitrogens with two attached hydrogens (primary N) is 1. The Morgan fingerprint density at radius 2 is 2.19 bits per heavy atom. The average molecular weight is 304 g/mol. The van der Waals surface area contributed by atoms with E-state index in [4.69, 9.17) is 18.0 Å². The first-order valence-corrected chi connectivity index (χ1v) is 7.70. The highest BCUT2D eigenvalue weighted by atomic mass is 32.1. The van der Waals surface area contributed by atoms with Crippen LogP contribution in [0, 0.1) is 13.8 Å². The van der Waals surface area contributed by atoms with Crippen LogP contribution in [0.5, 0.6) is 0 Å². The minimum Gasteiger partial charge on any atom is -0.389 e. The van der Waals surface area contributed by atoms with Crippen molar-refractivity contribution in [2.24, 2.45) is 5.73 Å². The fourth-order valence-corrected chi connectivity index (χ4v) is 3.70. The van der Waals surface area contributed by atoms with Gasteiger partial charge in [-0.2, -0.15) is 0 Å². The van der Waals surface area contributed by atoms with Crippen molar-refractivity contribution < 1.29 is 4.79 Å². The highest BCUT2D eigenvalue weighted by molar-refractivity contribution is 7.80. The van der Waals surface area contributed by atoms with Crippen LogP contribution in [0.1, 0.15) is 29.8 Å². The number of carbonyl (C=O) groups excluding carboxylic acids is 1. The minimum absolute atomic E-state index is 0.288. The van der Waals surface area contributed by atoms with E-state index >= 15 is 0 Å². The van der Waals surface area contributed by atoms with Gasteiger partial charge in [-0.25, -0.2) is 0 Å². The Kier molecular flexibility index (Phi) is 3.57. The molecule has 2 saturated heterocycles. The molecule has 6 heteroatoms. The van der Waals surface area contributed by atoms with Gasteiger partial charge in [0.25, 0.3) is 0 Å². The van der Waals surface area contributed by atoms with E-state index in [-0.39, 0.29) is 5.91 Å². The zero-order valence-corrected chi connectivity index (χ0v) is 13.2. The molecule has 2 aliphatic rings. The second-order valence-electron chi connectivity index (χ2n) is 5.83. The Labute approximate surface area is 130 Å². The summed E-state index contributed by atoms with van der Waals surface area (Å²) in [4.78, 5) is 21.0. The van der Waals surface area contributed by atoms with Crippen LogP contribution in [-0.2, 0) is 4.79 Å². The van der Waals surface area contributed by atoms with E-state index in [9.17, 15) is 4.79 Å². The first kappa shape index (κ1) is 14.3. The van der Waals surface area contributed by atoms with Crippen LogP contribution in [0.4, 0.5) is 5.69 Å². The Morgan fingerprint density at radius 3 is 2.90 bits per heavy atom. The largest absolute Gasteiger partial charge is 0.389 e. The van der Waals surface area contributed by atoms with Crippen molar-refractivity contribution in [3.63, 3.8) is 0 Å². The molecule has 0 bridgehead atoms. The number of hydrogen-bond acceptors (Lipinski definition) is 4. The first-order chi connectivity index (χ1) is 9.97. The van der Waals surface area contributed by atoms with Crippen molar-refractivity contribution in [2.45, 2.75) is 32.7 Å². The fraction of sp³-hybridized carbons (Fsp3) is 0.533. The van der Waals surface area contributed by atoms with Crippen LogP contribution < -0.4 is 10.6 Å². The molecule has 1 unspecified atom stereocenters. The van der Waals surface area contributed by atoms with Crippen LogP contribution in [-0.4, -0.2) is 46.5 Å². The smallest absolute Gasteiger partial charge is 0.223 e. The van der Waals surface area contributed by atoms with Crippen molar-refractivity contribution >= 4 is 28.8 Å². The van der Waals surface area contributed by atoms with Gasteiger partial charge >= 0.3 is 0 Å². The quantitative estimate of drug-likeness (QED) is 0.830. The highest BCUT2D eigenvalue weighted by Gasteiger charge is 2.36. The monoisotopic (exact) mass is 304 g/mol. The summed E-state index contributed by atoms with van der Waals surface area (Å²) in [6.45, 7) is 6.38. The van der Waals surface area contributed by atoms with E-state index < -0.39 is 0 Å². The zero-order valence-electron chi connectivity index (χ0n) is 12.4. The third kappa shape index (κ3) is 2.48. The maximum Gasteiger partial charge on any atom is 0.223 e. The minimum atomic E-state index is 0.288. The number of carbonyl (C=O) groups is 1. The summed E-state index contributed by atoms with van der Waals surface area (Å²) in [6.07, 6.45) is 1.62. The predicted octanol–water partition coefficient (Wildman–Crippen LogP) is 1.14. The van der Waals surface area contributed by atoms with Crippen LogP contribution in [0.15, 0.2) is 6.07 Å². The van der Waals surface area contributed by atoms with Crippen molar-refractivity contribution in [1.29, 1.82) is 0 Å². The van der Waals surface area contributed by atoms with Crippen LogP contribution in [0.25, 0.3) is 0 Å². The molecule has 0 spiro atoms. The summed E-state index contributed by atoms with van der Waals surface area (Å²) in [5.41, 5.74) is 9.67. The number of anilines is 1. The molecule has 0 aromatic carbocycles. The van der Waals surface area contributed by atoms with E-state index in [0.717, 1.165) is 48.7 Å². The number of amides is 1. The van der Waals surface area contributed by atoms with E-state index in [0.29, 0.717) is 17.5 Å². The zero-order chi connectivity index (χ0) is 15.1. The number of hydrogen-bond donors (Lipinski definition) is 1. The number of nitrogens with zero attached hydrogens (tertiary/aromatic N) is 3. The topological polar surface area (TPSA) is 62.5 Å². The molecule has 21 heavy (non-hydrogen) atoms. The molecule has 0 aliphatic carbocycles. The molecule has 1 atom stereocenters. The van der Waals surface area contributed by atoms with Gasteiger partial charge in [-0.15, -0.1) is 0 Å². The number of thiocarbonyl (C=S) groups is 1. The maximum absolute atomic E-state index is 11.8. The SMILES string of the molecule is Cc1cc(N2CCN3C(=O)CCC3C2)c(C(N)=S)c(C)n1. The van der Waals surface area contributed by atoms with Crippen molar-refractivity contribution in [3.05, 3.63) is 23.0 Å². The molecule has 112 valence electrons. The van der Waals surface area contributed by atoms with Crippen molar-refractivity contribution in [2.75, 3.05) is 24.5 Å².